The average Bonchev–Trinajstić information content (AvgIpc) is 3.69. The predicted molar refractivity (Wildman–Crippen MR) is 121 cm³/mol. The van der Waals surface area contributed by atoms with Crippen LogP contribution in [0, 0.1) is 0 Å². The minimum atomic E-state index is -0.129. The predicted octanol–water partition coefficient (Wildman–Crippen LogP) is 3.61. The topological polar surface area (TPSA) is 79.9 Å². The van der Waals surface area contributed by atoms with Gasteiger partial charge in [-0.15, -0.1) is 0 Å². The molecule has 0 atom stereocenters. The molecule has 8 heteroatoms. The molecular weight excluding hydrogens is 430 g/mol. The summed E-state index contributed by atoms with van der Waals surface area (Å²) >= 11 is 6.33. The van der Waals surface area contributed by atoms with Crippen molar-refractivity contribution in [3.63, 3.8) is 0 Å². The van der Waals surface area contributed by atoms with Gasteiger partial charge >= 0.3 is 0 Å². The van der Waals surface area contributed by atoms with Crippen LogP contribution in [-0.2, 0) is 11.3 Å². The third-order valence-electron chi connectivity index (χ3n) is 5.83. The van der Waals surface area contributed by atoms with Crippen LogP contribution < -0.4 is 20.1 Å². The highest BCUT2D eigenvalue weighted by Crippen LogP contribution is 2.38. The number of benzene rings is 2. The molecule has 1 heterocycles. The van der Waals surface area contributed by atoms with E-state index in [1.807, 2.05) is 24.3 Å². The van der Waals surface area contributed by atoms with Crippen molar-refractivity contribution in [3.8, 4) is 11.5 Å². The first-order valence-corrected chi connectivity index (χ1v) is 11.5. The Balaban J connectivity index is 1.20. The molecule has 2 aromatic carbocycles. The molecule has 0 radical (unpaired) electrons. The van der Waals surface area contributed by atoms with Crippen LogP contribution in [0.1, 0.15) is 41.6 Å². The SMILES string of the molecule is O=C(CN(Cc1ccc(C(=O)NC2CC2)cc1)C1CC1)Nc1cc2c(cc1Cl)OCCO2. The van der Waals surface area contributed by atoms with E-state index >= 15 is 0 Å². The molecule has 2 aromatic rings. The number of carbonyl (C=O) groups excluding carboxylic acids is 2. The maximum atomic E-state index is 12.8. The molecule has 3 aliphatic rings. The molecule has 0 saturated heterocycles. The fourth-order valence-corrected chi connectivity index (χ4v) is 3.98. The first kappa shape index (κ1) is 21.1. The van der Waals surface area contributed by atoms with Crippen molar-refractivity contribution >= 4 is 29.1 Å². The lowest BCUT2D eigenvalue weighted by Gasteiger charge is -2.23. The monoisotopic (exact) mass is 455 g/mol. The van der Waals surface area contributed by atoms with Crippen molar-refractivity contribution in [1.29, 1.82) is 0 Å². The second-order valence-corrected chi connectivity index (χ2v) is 9.01. The fourth-order valence-electron chi connectivity index (χ4n) is 3.78. The van der Waals surface area contributed by atoms with Gasteiger partial charge in [-0.2, -0.15) is 0 Å². The van der Waals surface area contributed by atoms with Crippen LogP contribution in [0.15, 0.2) is 36.4 Å². The molecule has 168 valence electrons. The van der Waals surface area contributed by atoms with Gasteiger partial charge in [0.2, 0.25) is 5.91 Å². The van der Waals surface area contributed by atoms with Crippen molar-refractivity contribution < 1.29 is 19.1 Å². The summed E-state index contributed by atoms with van der Waals surface area (Å²) in [5, 5.41) is 6.33. The molecule has 7 nitrogen and oxygen atoms in total. The van der Waals surface area contributed by atoms with Crippen LogP contribution in [0.4, 0.5) is 5.69 Å². The van der Waals surface area contributed by atoms with Gasteiger partial charge in [-0.1, -0.05) is 23.7 Å². The van der Waals surface area contributed by atoms with Crippen molar-refractivity contribution in [2.24, 2.45) is 0 Å². The second-order valence-electron chi connectivity index (χ2n) is 8.60. The highest BCUT2D eigenvalue weighted by Gasteiger charge is 2.30. The Morgan fingerprint density at radius 3 is 2.34 bits per heavy atom. The Kier molecular flexibility index (Phi) is 5.93. The van der Waals surface area contributed by atoms with E-state index < -0.39 is 0 Å². The molecule has 2 N–H and O–H groups in total. The molecule has 2 saturated carbocycles. The molecule has 0 unspecified atom stereocenters. The zero-order valence-corrected chi connectivity index (χ0v) is 18.5. The summed E-state index contributed by atoms with van der Waals surface area (Å²) in [6.07, 6.45) is 4.30. The summed E-state index contributed by atoms with van der Waals surface area (Å²) < 4.78 is 11.1. The van der Waals surface area contributed by atoms with Gasteiger partial charge in [-0.3, -0.25) is 14.5 Å². The van der Waals surface area contributed by atoms with Crippen LogP contribution in [0.25, 0.3) is 0 Å². The lowest BCUT2D eigenvalue weighted by atomic mass is 10.1. The lowest BCUT2D eigenvalue weighted by Crippen LogP contribution is -2.34. The van der Waals surface area contributed by atoms with Gasteiger partial charge < -0.3 is 20.1 Å². The van der Waals surface area contributed by atoms with Gasteiger partial charge in [-0.25, -0.2) is 0 Å². The Hall–Kier alpha value is -2.77. The molecular formula is C24H26ClN3O4. The second kappa shape index (κ2) is 9.00. The first-order chi connectivity index (χ1) is 15.5. The molecule has 32 heavy (non-hydrogen) atoms. The zero-order valence-electron chi connectivity index (χ0n) is 17.7. The van der Waals surface area contributed by atoms with Crippen LogP contribution >= 0.6 is 11.6 Å². The number of hydrogen-bond donors (Lipinski definition) is 2. The minimum Gasteiger partial charge on any atom is -0.486 e. The van der Waals surface area contributed by atoms with Gasteiger partial charge in [0.25, 0.3) is 5.91 Å². The molecule has 2 aliphatic carbocycles. The number of amides is 2. The first-order valence-electron chi connectivity index (χ1n) is 11.1. The zero-order chi connectivity index (χ0) is 22.1. The van der Waals surface area contributed by atoms with Crippen molar-refractivity contribution in [2.75, 3.05) is 25.1 Å². The summed E-state index contributed by atoms with van der Waals surface area (Å²) in [5.41, 5.74) is 2.26. The maximum Gasteiger partial charge on any atom is 0.251 e. The highest BCUT2D eigenvalue weighted by molar-refractivity contribution is 6.34. The van der Waals surface area contributed by atoms with E-state index in [0.717, 1.165) is 31.2 Å². The van der Waals surface area contributed by atoms with E-state index in [2.05, 4.69) is 15.5 Å². The van der Waals surface area contributed by atoms with E-state index in [0.29, 0.717) is 59.6 Å². The molecule has 0 bridgehead atoms. The van der Waals surface area contributed by atoms with Crippen LogP contribution in [0.3, 0.4) is 0 Å². The summed E-state index contributed by atoms with van der Waals surface area (Å²) in [6.45, 7) is 1.87. The van der Waals surface area contributed by atoms with Crippen molar-refractivity contribution in [1.82, 2.24) is 10.2 Å². The molecule has 0 aromatic heterocycles. The van der Waals surface area contributed by atoms with Gasteiger partial charge in [0.1, 0.15) is 13.2 Å². The van der Waals surface area contributed by atoms with Crippen LogP contribution in [0.2, 0.25) is 5.02 Å². The summed E-state index contributed by atoms with van der Waals surface area (Å²) in [5.74, 6) is 1.03. The number of ether oxygens (including phenoxy) is 2. The van der Waals surface area contributed by atoms with Crippen LogP contribution in [0.5, 0.6) is 11.5 Å². The number of anilines is 1. The molecule has 2 amide bonds. The number of fused-ring (bicyclic) bond motifs is 1. The normalized spacial score (nSPS) is 17.2. The van der Waals surface area contributed by atoms with E-state index in [-0.39, 0.29) is 18.4 Å². The molecule has 5 rings (SSSR count). The largest absolute Gasteiger partial charge is 0.486 e. The number of carbonyl (C=O) groups is 2. The Labute approximate surface area is 192 Å². The van der Waals surface area contributed by atoms with Crippen LogP contribution in [-0.4, -0.2) is 48.6 Å². The van der Waals surface area contributed by atoms with Gasteiger partial charge in [0.15, 0.2) is 11.5 Å². The molecule has 2 fully saturated rings. The standard InChI is InChI=1S/C24H26ClN3O4/c25-19-11-21-22(32-10-9-31-21)12-20(19)27-23(29)14-28(18-7-8-18)13-15-1-3-16(4-2-15)24(30)26-17-5-6-17/h1-4,11-12,17-18H,5-10,13-14H2,(H,26,30)(H,27,29). The maximum absolute atomic E-state index is 12.8. The summed E-state index contributed by atoms with van der Waals surface area (Å²) in [6, 6.07) is 11.8. The molecule has 1 aliphatic heterocycles. The number of nitrogens with one attached hydrogen (secondary N) is 2. The van der Waals surface area contributed by atoms with E-state index in [1.165, 1.54) is 0 Å². The fraction of sp³-hybridized carbons (Fsp3) is 0.417. The van der Waals surface area contributed by atoms with Crippen molar-refractivity contribution in [2.45, 2.75) is 44.3 Å². The number of hydrogen-bond acceptors (Lipinski definition) is 5. The number of nitrogens with zero attached hydrogens (tertiary/aromatic N) is 1. The van der Waals surface area contributed by atoms with E-state index in [4.69, 9.17) is 21.1 Å². The van der Waals surface area contributed by atoms with Gasteiger partial charge in [0, 0.05) is 36.3 Å². The average molecular weight is 456 g/mol. The minimum absolute atomic E-state index is 0.0196. The number of halogens is 1. The Bertz CT molecular complexity index is 1020. The van der Waals surface area contributed by atoms with E-state index in [9.17, 15) is 9.59 Å². The van der Waals surface area contributed by atoms with E-state index in [1.54, 1.807) is 12.1 Å². The van der Waals surface area contributed by atoms with Gasteiger partial charge in [0.05, 0.1) is 17.3 Å². The summed E-state index contributed by atoms with van der Waals surface area (Å²) in [7, 11) is 0. The third kappa shape index (κ3) is 5.16. The Morgan fingerprint density at radius 1 is 1.00 bits per heavy atom. The summed E-state index contributed by atoms with van der Waals surface area (Å²) in [4.78, 5) is 27.1. The smallest absolute Gasteiger partial charge is 0.251 e. The van der Waals surface area contributed by atoms with Crippen molar-refractivity contribution in [3.05, 3.63) is 52.5 Å². The lowest BCUT2D eigenvalue weighted by molar-refractivity contribution is -0.117. The highest BCUT2D eigenvalue weighted by atomic mass is 35.5. The quantitative estimate of drug-likeness (QED) is 0.635. The third-order valence-corrected chi connectivity index (χ3v) is 6.14. The molecule has 0 spiro atoms. The van der Waals surface area contributed by atoms with Gasteiger partial charge in [-0.05, 0) is 43.4 Å². The Morgan fingerprint density at radius 2 is 1.69 bits per heavy atom. The number of rotatable bonds is 8.